The summed E-state index contributed by atoms with van der Waals surface area (Å²) in [5.74, 6) is 0.870. The number of aliphatic hydroxyl groups excluding tert-OH is 1. The van der Waals surface area contributed by atoms with E-state index in [-0.39, 0.29) is 12.1 Å². The molecule has 0 aromatic heterocycles. The van der Waals surface area contributed by atoms with Gasteiger partial charge >= 0.3 is 0 Å². The molecule has 0 fully saturated rings. The number of hydrogen-bond donors (Lipinski definition) is 2. The molecule has 2 N–H and O–H groups in total. The Bertz CT molecular complexity index is 574. The van der Waals surface area contributed by atoms with Crippen molar-refractivity contribution in [2.45, 2.75) is 25.8 Å². The first kappa shape index (κ1) is 14.8. The number of hydrogen-bond acceptors (Lipinski definition) is 3. The van der Waals surface area contributed by atoms with Gasteiger partial charge in [-0.3, -0.25) is 0 Å². The fraction of sp³-hybridized carbons (Fsp3) is 0.412. The fourth-order valence-corrected chi connectivity index (χ4v) is 2.64. The van der Waals surface area contributed by atoms with E-state index in [1.54, 1.807) is 7.11 Å². The number of aliphatic hydroxyl groups is 1. The number of fused-ring (bicyclic) bond motifs is 1. The standard InChI is InChI=1S/C17H23NO2/c1-4-18-17(2,9-10-19)15-7-5-14-12-16(20-3)8-6-13(14)11-15/h5-8,11-12,18-19H,4,9-10H2,1-3H3. The van der Waals surface area contributed by atoms with Crippen LogP contribution in [-0.2, 0) is 5.54 Å². The van der Waals surface area contributed by atoms with Gasteiger partial charge in [-0.25, -0.2) is 0 Å². The summed E-state index contributed by atoms with van der Waals surface area (Å²) in [6, 6.07) is 12.5. The summed E-state index contributed by atoms with van der Waals surface area (Å²) in [5.41, 5.74) is 1.00. The predicted molar refractivity (Wildman–Crippen MR) is 83.2 cm³/mol. The van der Waals surface area contributed by atoms with Crippen molar-refractivity contribution in [3.63, 3.8) is 0 Å². The molecule has 0 aliphatic carbocycles. The van der Waals surface area contributed by atoms with Crippen LogP contribution >= 0.6 is 0 Å². The monoisotopic (exact) mass is 273 g/mol. The lowest BCUT2D eigenvalue weighted by Gasteiger charge is -2.31. The zero-order valence-electron chi connectivity index (χ0n) is 12.4. The Morgan fingerprint density at radius 1 is 1.15 bits per heavy atom. The molecule has 2 aromatic carbocycles. The number of rotatable bonds is 6. The second-order valence-corrected chi connectivity index (χ2v) is 5.26. The van der Waals surface area contributed by atoms with Gasteiger partial charge in [0.2, 0.25) is 0 Å². The van der Waals surface area contributed by atoms with E-state index in [1.165, 1.54) is 10.9 Å². The molecule has 0 bridgehead atoms. The lowest BCUT2D eigenvalue weighted by Crippen LogP contribution is -2.40. The third-order valence-corrected chi connectivity index (χ3v) is 3.86. The third-order valence-electron chi connectivity index (χ3n) is 3.86. The summed E-state index contributed by atoms with van der Waals surface area (Å²) in [4.78, 5) is 0. The van der Waals surface area contributed by atoms with E-state index in [4.69, 9.17) is 4.74 Å². The molecule has 0 saturated carbocycles. The van der Waals surface area contributed by atoms with E-state index >= 15 is 0 Å². The second-order valence-electron chi connectivity index (χ2n) is 5.26. The van der Waals surface area contributed by atoms with Gasteiger partial charge in [-0.15, -0.1) is 0 Å². The third kappa shape index (κ3) is 2.94. The van der Waals surface area contributed by atoms with Crippen LogP contribution in [0.25, 0.3) is 10.8 Å². The smallest absolute Gasteiger partial charge is 0.119 e. The van der Waals surface area contributed by atoms with Gasteiger partial charge in [0, 0.05) is 12.1 Å². The first-order valence-electron chi connectivity index (χ1n) is 7.07. The topological polar surface area (TPSA) is 41.5 Å². The SMILES string of the molecule is CCNC(C)(CCO)c1ccc2cc(OC)ccc2c1. The number of nitrogens with one attached hydrogen (secondary N) is 1. The highest BCUT2D eigenvalue weighted by Gasteiger charge is 2.24. The lowest BCUT2D eigenvalue weighted by molar-refractivity contribution is 0.223. The van der Waals surface area contributed by atoms with Crippen LogP contribution < -0.4 is 10.1 Å². The van der Waals surface area contributed by atoms with E-state index in [9.17, 15) is 5.11 Å². The van der Waals surface area contributed by atoms with Gasteiger partial charge in [0.25, 0.3) is 0 Å². The average molecular weight is 273 g/mol. The van der Waals surface area contributed by atoms with Gasteiger partial charge in [0.05, 0.1) is 7.11 Å². The highest BCUT2D eigenvalue weighted by Crippen LogP contribution is 2.29. The van der Waals surface area contributed by atoms with Gasteiger partial charge in [-0.1, -0.05) is 25.1 Å². The highest BCUT2D eigenvalue weighted by molar-refractivity contribution is 5.84. The van der Waals surface area contributed by atoms with Gasteiger partial charge in [-0.2, -0.15) is 0 Å². The van der Waals surface area contributed by atoms with Crippen molar-refractivity contribution >= 4 is 10.8 Å². The fourth-order valence-electron chi connectivity index (χ4n) is 2.64. The van der Waals surface area contributed by atoms with Crippen molar-refractivity contribution in [3.05, 3.63) is 42.0 Å². The maximum absolute atomic E-state index is 9.31. The molecule has 3 heteroatoms. The molecular weight excluding hydrogens is 250 g/mol. The van der Waals surface area contributed by atoms with Crippen LogP contribution in [0.2, 0.25) is 0 Å². The van der Waals surface area contributed by atoms with Crippen LogP contribution in [0.4, 0.5) is 0 Å². The van der Waals surface area contributed by atoms with E-state index < -0.39 is 0 Å². The molecule has 20 heavy (non-hydrogen) atoms. The molecule has 0 spiro atoms. The summed E-state index contributed by atoms with van der Waals surface area (Å²) in [6.07, 6.45) is 0.697. The van der Waals surface area contributed by atoms with Crippen molar-refractivity contribution in [3.8, 4) is 5.75 Å². The molecule has 3 nitrogen and oxygen atoms in total. The minimum Gasteiger partial charge on any atom is -0.497 e. The number of methoxy groups -OCH3 is 1. The summed E-state index contributed by atoms with van der Waals surface area (Å²) in [7, 11) is 1.68. The Kier molecular flexibility index (Phi) is 4.63. The van der Waals surface area contributed by atoms with Gasteiger partial charge in [0.1, 0.15) is 5.75 Å². The zero-order chi connectivity index (χ0) is 14.6. The average Bonchev–Trinajstić information content (AvgIpc) is 2.46. The Morgan fingerprint density at radius 2 is 1.85 bits per heavy atom. The number of ether oxygens (including phenoxy) is 1. The minimum absolute atomic E-state index is 0.171. The van der Waals surface area contributed by atoms with Crippen LogP contribution in [0.15, 0.2) is 36.4 Å². The molecular formula is C17H23NO2. The van der Waals surface area contributed by atoms with Gasteiger partial charge < -0.3 is 15.2 Å². The predicted octanol–water partition coefficient (Wildman–Crippen LogP) is 3.06. The second kappa shape index (κ2) is 6.25. The van der Waals surface area contributed by atoms with Crippen LogP contribution in [-0.4, -0.2) is 25.4 Å². The molecule has 0 aliphatic heterocycles. The molecule has 2 rings (SSSR count). The van der Waals surface area contributed by atoms with Crippen molar-refractivity contribution in [1.29, 1.82) is 0 Å². The molecule has 0 aliphatic rings. The molecule has 1 unspecified atom stereocenters. The van der Waals surface area contributed by atoms with E-state index in [1.807, 2.05) is 12.1 Å². The molecule has 108 valence electrons. The lowest BCUT2D eigenvalue weighted by atomic mass is 9.87. The van der Waals surface area contributed by atoms with Crippen LogP contribution in [0.3, 0.4) is 0 Å². The maximum atomic E-state index is 9.31. The molecule has 0 radical (unpaired) electrons. The molecule has 1 atom stereocenters. The molecule has 0 amide bonds. The Balaban J connectivity index is 2.44. The van der Waals surface area contributed by atoms with Crippen molar-refractivity contribution < 1.29 is 9.84 Å². The van der Waals surface area contributed by atoms with Gasteiger partial charge in [-0.05, 0) is 54.4 Å². The molecule has 0 heterocycles. The Hall–Kier alpha value is -1.58. The highest BCUT2D eigenvalue weighted by atomic mass is 16.5. The van der Waals surface area contributed by atoms with Crippen molar-refractivity contribution in [2.75, 3.05) is 20.3 Å². The summed E-state index contributed by atoms with van der Waals surface area (Å²) in [6.45, 7) is 5.26. The zero-order valence-corrected chi connectivity index (χ0v) is 12.4. The summed E-state index contributed by atoms with van der Waals surface area (Å²) < 4.78 is 5.25. The number of benzene rings is 2. The first-order valence-corrected chi connectivity index (χ1v) is 7.07. The summed E-state index contributed by atoms with van der Waals surface area (Å²) in [5, 5.41) is 15.1. The quantitative estimate of drug-likeness (QED) is 0.850. The Morgan fingerprint density at radius 3 is 2.50 bits per heavy atom. The normalized spacial score (nSPS) is 14.2. The van der Waals surface area contributed by atoms with E-state index in [0.29, 0.717) is 6.42 Å². The van der Waals surface area contributed by atoms with Crippen LogP contribution in [0.5, 0.6) is 5.75 Å². The van der Waals surface area contributed by atoms with Crippen molar-refractivity contribution in [2.24, 2.45) is 0 Å². The van der Waals surface area contributed by atoms with Gasteiger partial charge in [0.15, 0.2) is 0 Å². The van der Waals surface area contributed by atoms with E-state index in [2.05, 4.69) is 43.4 Å². The molecule has 2 aromatic rings. The largest absolute Gasteiger partial charge is 0.497 e. The maximum Gasteiger partial charge on any atom is 0.119 e. The van der Waals surface area contributed by atoms with Crippen LogP contribution in [0, 0.1) is 0 Å². The first-order chi connectivity index (χ1) is 9.62. The summed E-state index contributed by atoms with van der Waals surface area (Å²) >= 11 is 0. The van der Waals surface area contributed by atoms with Crippen LogP contribution in [0.1, 0.15) is 25.8 Å². The Labute approximate surface area is 120 Å². The van der Waals surface area contributed by atoms with E-state index in [0.717, 1.165) is 17.7 Å². The molecule has 0 saturated heterocycles. The minimum atomic E-state index is -0.197. The van der Waals surface area contributed by atoms with Crippen molar-refractivity contribution in [1.82, 2.24) is 5.32 Å².